The summed E-state index contributed by atoms with van der Waals surface area (Å²) in [6, 6.07) is 4.63. The zero-order valence-corrected chi connectivity index (χ0v) is 13.3. The van der Waals surface area contributed by atoms with Gasteiger partial charge in [-0.25, -0.2) is 4.79 Å². The molecule has 1 aliphatic rings. The Morgan fingerprint density at radius 3 is 2.52 bits per heavy atom. The number of carbonyl (C=O) groups is 1. The van der Waals surface area contributed by atoms with Crippen molar-refractivity contribution in [3.05, 3.63) is 28.2 Å². The Bertz CT molecular complexity index is 502. The number of aliphatic hydroxyl groups is 1. The predicted molar refractivity (Wildman–Crippen MR) is 86.1 cm³/mol. The van der Waals surface area contributed by atoms with Crippen molar-refractivity contribution in [1.82, 2.24) is 5.32 Å². The fourth-order valence-corrected chi connectivity index (χ4v) is 3.01. The molecule has 0 saturated heterocycles. The molecule has 0 unspecified atom stereocenters. The second kappa shape index (κ2) is 7.34. The summed E-state index contributed by atoms with van der Waals surface area (Å²) in [4.78, 5) is 11.9. The molecule has 21 heavy (non-hydrogen) atoms. The van der Waals surface area contributed by atoms with Crippen LogP contribution in [0.3, 0.4) is 0 Å². The second-order valence-corrected chi connectivity index (χ2v) is 6.47. The number of rotatable bonds is 4. The van der Waals surface area contributed by atoms with Gasteiger partial charge in [0.25, 0.3) is 0 Å². The largest absolute Gasteiger partial charge is 0.396 e. The molecule has 1 aromatic carbocycles. The molecule has 0 heterocycles. The number of halogens is 2. The first-order valence-electron chi connectivity index (χ1n) is 7.15. The number of anilines is 1. The molecule has 3 N–H and O–H groups in total. The van der Waals surface area contributed by atoms with Crippen LogP contribution in [0.1, 0.15) is 32.1 Å². The maximum Gasteiger partial charge on any atom is 0.319 e. The molecule has 6 heteroatoms. The van der Waals surface area contributed by atoms with E-state index in [0.29, 0.717) is 22.3 Å². The van der Waals surface area contributed by atoms with Crippen molar-refractivity contribution >= 4 is 34.9 Å². The van der Waals surface area contributed by atoms with Gasteiger partial charge >= 0.3 is 6.03 Å². The Balaban J connectivity index is 1.87. The van der Waals surface area contributed by atoms with E-state index in [1.165, 1.54) is 6.42 Å². The van der Waals surface area contributed by atoms with E-state index in [1.807, 2.05) is 0 Å². The lowest BCUT2D eigenvalue weighted by Gasteiger charge is -2.35. The summed E-state index contributed by atoms with van der Waals surface area (Å²) in [5.41, 5.74) is 0.413. The van der Waals surface area contributed by atoms with Crippen molar-refractivity contribution in [3.8, 4) is 0 Å². The average molecular weight is 331 g/mol. The van der Waals surface area contributed by atoms with Gasteiger partial charge in [0.15, 0.2) is 0 Å². The predicted octanol–water partition coefficient (Wildman–Crippen LogP) is 4.06. The standard InChI is InChI=1S/C15H20Cl2N2O2/c16-12-5-4-11(8-13(12)17)19-14(21)18-9-15(10-20)6-2-1-3-7-15/h4-5,8,20H,1-3,6-7,9-10H2,(H2,18,19,21). The maximum absolute atomic E-state index is 11.9. The van der Waals surface area contributed by atoms with Crippen LogP contribution in [0.15, 0.2) is 18.2 Å². The van der Waals surface area contributed by atoms with Crippen molar-refractivity contribution in [3.63, 3.8) is 0 Å². The summed E-state index contributed by atoms with van der Waals surface area (Å²) in [5.74, 6) is 0. The summed E-state index contributed by atoms with van der Waals surface area (Å²) < 4.78 is 0. The topological polar surface area (TPSA) is 61.4 Å². The van der Waals surface area contributed by atoms with Crippen LogP contribution in [0, 0.1) is 5.41 Å². The van der Waals surface area contributed by atoms with Crippen LogP contribution in [0.25, 0.3) is 0 Å². The Morgan fingerprint density at radius 1 is 1.19 bits per heavy atom. The molecule has 2 amide bonds. The van der Waals surface area contributed by atoms with Crippen molar-refractivity contribution < 1.29 is 9.90 Å². The summed E-state index contributed by atoms with van der Waals surface area (Å²) in [5, 5.41) is 16.0. The minimum Gasteiger partial charge on any atom is -0.396 e. The van der Waals surface area contributed by atoms with Gasteiger partial charge < -0.3 is 15.7 Å². The minimum absolute atomic E-state index is 0.111. The molecule has 0 aliphatic heterocycles. The normalized spacial score (nSPS) is 17.3. The van der Waals surface area contributed by atoms with E-state index in [-0.39, 0.29) is 18.1 Å². The van der Waals surface area contributed by atoms with Crippen LogP contribution >= 0.6 is 23.2 Å². The molecule has 1 saturated carbocycles. The molecule has 1 fully saturated rings. The van der Waals surface area contributed by atoms with E-state index in [2.05, 4.69) is 10.6 Å². The van der Waals surface area contributed by atoms with Crippen LogP contribution in [0.4, 0.5) is 10.5 Å². The Kier molecular flexibility index (Phi) is 5.73. The van der Waals surface area contributed by atoms with Crippen LogP contribution in [-0.2, 0) is 0 Å². The molecule has 0 radical (unpaired) electrons. The fraction of sp³-hybridized carbons (Fsp3) is 0.533. The highest BCUT2D eigenvalue weighted by Gasteiger charge is 2.31. The molecule has 4 nitrogen and oxygen atoms in total. The van der Waals surface area contributed by atoms with E-state index in [9.17, 15) is 9.90 Å². The van der Waals surface area contributed by atoms with Crippen molar-refractivity contribution in [2.24, 2.45) is 5.41 Å². The smallest absolute Gasteiger partial charge is 0.319 e. The molecule has 2 rings (SSSR count). The Labute approximate surface area is 134 Å². The summed E-state index contributed by atoms with van der Waals surface area (Å²) in [6.07, 6.45) is 5.33. The molecule has 116 valence electrons. The van der Waals surface area contributed by atoms with Crippen LogP contribution < -0.4 is 10.6 Å². The molecule has 0 bridgehead atoms. The van der Waals surface area contributed by atoms with Gasteiger partial charge in [-0.1, -0.05) is 42.5 Å². The third-order valence-corrected chi connectivity index (χ3v) is 4.79. The Hall–Kier alpha value is -0.970. The molecular formula is C15H20Cl2N2O2. The molecule has 0 spiro atoms. The van der Waals surface area contributed by atoms with Gasteiger partial charge in [-0.05, 0) is 31.0 Å². The zero-order chi connectivity index (χ0) is 15.3. The highest BCUT2D eigenvalue weighted by molar-refractivity contribution is 6.42. The summed E-state index contributed by atoms with van der Waals surface area (Å²) in [6.45, 7) is 0.594. The van der Waals surface area contributed by atoms with Crippen molar-refractivity contribution in [1.29, 1.82) is 0 Å². The molecule has 1 aliphatic carbocycles. The number of nitrogens with one attached hydrogen (secondary N) is 2. The average Bonchev–Trinajstić information content (AvgIpc) is 2.50. The first-order valence-corrected chi connectivity index (χ1v) is 7.91. The Morgan fingerprint density at radius 2 is 1.90 bits per heavy atom. The number of benzene rings is 1. The fourth-order valence-electron chi connectivity index (χ4n) is 2.71. The van der Waals surface area contributed by atoms with Gasteiger partial charge in [0.05, 0.1) is 16.7 Å². The molecule has 0 atom stereocenters. The van der Waals surface area contributed by atoms with E-state index in [0.717, 1.165) is 25.7 Å². The number of hydrogen-bond donors (Lipinski definition) is 3. The van der Waals surface area contributed by atoms with Gasteiger partial charge in [0, 0.05) is 17.6 Å². The van der Waals surface area contributed by atoms with Crippen molar-refractivity contribution in [2.75, 3.05) is 18.5 Å². The third-order valence-electron chi connectivity index (χ3n) is 4.05. The van der Waals surface area contributed by atoms with Gasteiger partial charge in [-0.15, -0.1) is 0 Å². The quantitative estimate of drug-likeness (QED) is 0.779. The number of aliphatic hydroxyl groups excluding tert-OH is 1. The molecule has 0 aromatic heterocycles. The monoisotopic (exact) mass is 330 g/mol. The highest BCUT2D eigenvalue weighted by Crippen LogP contribution is 2.35. The van der Waals surface area contributed by atoms with E-state index in [4.69, 9.17) is 23.2 Å². The lowest BCUT2D eigenvalue weighted by Crippen LogP contribution is -2.42. The summed E-state index contributed by atoms with van der Waals surface area (Å²) >= 11 is 11.7. The third kappa shape index (κ3) is 4.50. The number of amides is 2. The van der Waals surface area contributed by atoms with Crippen LogP contribution in [0.5, 0.6) is 0 Å². The first kappa shape index (κ1) is 16.4. The highest BCUT2D eigenvalue weighted by atomic mass is 35.5. The number of carbonyl (C=O) groups excluding carboxylic acids is 1. The van der Waals surface area contributed by atoms with Crippen LogP contribution in [-0.4, -0.2) is 24.3 Å². The van der Waals surface area contributed by atoms with E-state index in [1.54, 1.807) is 18.2 Å². The first-order chi connectivity index (χ1) is 10.0. The van der Waals surface area contributed by atoms with Gasteiger partial charge in [0.1, 0.15) is 0 Å². The second-order valence-electron chi connectivity index (χ2n) is 5.66. The zero-order valence-electron chi connectivity index (χ0n) is 11.8. The van der Waals surface area contributed by atoms with Crippen molar-refractivity contribution in [2.45, 2.75) is 32.1 Å². The van der Waals surface area contributed by atoms with Gasteiger partial charge in [-0.2, -0.15) is 0 Å². The number of hydrogen-bond acceptors (Lipinski definition) is 2. The van der Waals surface area contributed by atoms with Gasteiger partial charge in [0.2, 0.25) is 0 Å². The SMILES string of the molecule is O=C(NCC1(CO)CCCCC1)Nc1ccc(Cl)c(Cl)c1. The summed E-state index contributed by atoms with van der Waals surface area (Å²) in [7, 11) is 0. The maximum atomic E-state index is 11.9. The lowest BCUT2D eigenvalue weighted by atomic mass is 9.74. The van der Waals surface area contributed by atoms with Crippen LogP contribution in [0.2, 0.25) is 10.0 Å². The van der Waals surface area contributed by atoms with E-state index >= 15 is 0 Å². The number of urea groups is 1. The van der Waals surface area contributed by atoms with E-state index < -0.39 is 0 Å². The molecule has 1 aromatic rings. The minimum atomic E-state index is -0.299. The molecular weight excluding hydrogens is 311 g/mol. The van der Waals surface area contributed by atoms with Gasteiger partial charge in [-0.3, -0.25) is 0 Å². The lowest BCUT2D eigenvalue weighted by molar-refractivity contribution is 0.0840.